The van der Waals surface area contributed by atoms with Crippen molar-refractivity contribution in [2.24, 2.45) is 4.99 Å². The molecule has 0 aromatic heterocycles. The number of methoxy groups -OCH3 is 1. The Morgan fingerprint density at radius 2 is 1.78 bits per heavy atom. The Bertz CT molecular complexity index is 760. The molecule has 0 fully saturated rings. The largest absolute Gasteiger partial charge is 0.490 e. The highest BCUT2D eigenvalue weighted by molar-refractivity contribution is 5.93. The van der Waals surface area contributed by atoms with Crippen LogP contribution in [0.2, 0.25) is 0 Å². The Morgan fingerprint density at radius 1 is 1.04 bits per heavy atom. The molecule has 1 aliphatic heterocycles. The summed E-state index contributed by atoms with van der Waals surface area (Å²) in [5.41, 5.74) is 3.21. The highest BCUT2D eigenvalue weighted by Crippen LogP contribution is 2.32. The number of hydrogen-bond acceptors (Lipinski definition) is 4. The van der Waals surface area contributed by atoms with Crippen molar-refractivity contribution in [2.45, 2.75) is 26.5 Å². The van der Waals surface area contributed by atoms with Crippen molar-refractivity contribution in [1.82, 2.24) is 5.32 Å². The van der Waals surface area contributed by atoms with E-state index in [1.54, 1.807) is 7.11 Å². The van der Waals surface area contributed by atoms with Crippen molar-refractivity contribution in [1.29, 1.82) is 0 Å². The maximum atomic E-state index is 5.76. The van der Waals surface area contributed by atoms with E-state index >= 15 is 0 Å². The Labute approximate surface area is 160 Å². The summed E-state index contributed by atoms with van der Waals surface area (Å²) < 4.78 is 16.6. The summed E-state index contributed by atoms with van der Waals surface area (Å²) in [6.07, 6.45) is 0.894. The molecule has 0 aliphatic carbocycles. The van der Waals surface area contributed by atoms with Gasteiger partial charge in [0.2, 0.25) is 0 Å². The molecule has 2 aromatic rings. The summed E-state index contributed by atoms with van der Waals surface area (Å²) in [5.74, 6) is 2.28. The van der Waals surface area contributed by atoms with Crippen molar-refractivity contribution in [2.75, 3.05) is 32.2 Å². The van der Waals surface area contributed by atoms with Gasteiger partial charge in [-0.15, -0.1) is 0 Å². The highest BCUT2D eigenvalue weighted by atomic mass is 16.5. The van der Waals surface area contributed by atoms with Gasteiger partial charge < -0.3 is 24.8 Å². The number of nitrogens with one attached hydrogen (secondary N) is 2. The van der Waals surface area contributed by atoms with E-state index in [2.05, 4.69) is 39.9 Å². The first-order chi connectivity index (χ1) is 13.3. The molecular weight excluding hydrogens is 342 g/mol. The third kappa shape index (κ3) is 5.62. The van der Waals surface area contributed by atoms with Gasteiger partial charge in [0.05, 0.1) is 26.4 Å². The summed E-state index contributed by atoms with van der Waals surface area (Å²) in [7, 11) is 1.70. The van der Waals surface area contributed by atoms with Gasteiger partial charge in [0.15, 0.2) is 17.5 Å². The molecule has 0 bridgehead atoms. The van der Waals surface area contributed by atoms with Crippen LogP contribution in [-0.2, 0) is 17.9 Å². The lowest BCUT2D eigenvalue weighted by Gasteiger charge is -2.14. The predicted molar refractivity (Wildman–Crippen MR) is 108 cm³/mol. The normalized spacial score (nSPS) is 13.8. The van der Waals surface area contributed by atoms with Crippen LogP contribution in [0.3, 0.4) is 0 Å². The zero-order chi connectivity index (χ0) is 18.9. The lowest BCUT2D eigenvalue weighted by molar-refractivity contribution is 0.185. The first-order valence-electron chi connectivity index (χ1n) is 9.30. The van der Waals surface area contributed by atoms with Crippen LogP contribution in [0.5, 0.6) is 11.5 Å². The van der Waals surface area contributed by atoms with E-state index in [0.717, 1.165) is 47.2 Å². The molecule has 27 heavy (non-hydrogen) atoms. The molecule has 0 saturated carbocycles. The molecule has 0 atom stereocenters. The summed E-state index contributed by atoms with van der Waals surface area (Å²) in [6.45, 7) is 5.40. The summed E-state index contributed by atoms with van der Waals surface area (Å²) >= 11 is 0. The average molecular weight is 369 g/mol. The van der Waals surface area contributed by atoms with Gasteiger partial charge in [-0.1, -0.05) is 24.3 Å². The third-order valence-corrected chi connectivity index (χ3v) is 4.11. The van der Waals surface area contributed by atoms with Crippen LogP contribution in [0.1, 0.15) is 24.5 Å². The fourth-order valence-corrected chi connectivity index (χ4v) is 2.76. The molecule has 1 aliphatic rings. The van der Waals surface area contributed by atoms with Crippen LogP contribution in [0, 0.1) is 0 Å². The molecule has 0 saturated heterocycles. The van der Waals surface area contributed by atoms with Crippen LogP contribution in [0.4, 0.5) is 5.69 Å². The molecule has 6 heteroatoms. The minimum absolute atomic E-state index is 0.590. The fraction of sp³-hybridized carbons (Fsp3) is 0.381. The van der Waals surface area contributed by atoms with Crippen LogP contribution in [0.15, 0.2) is 47.5 Å². The predicted octanol–water partition coefficient (Wildman–Crippen LogP) is 3.57. The number of aliphatic imine (C=N–C) groups is 1. The SMILES string of the molecule is CCNC(=NCc1ccc(COC)cc1)Nc1ccc2c(c1)OCCCO2. The van der Waals surface area contributed by atoms with Gasteiger partial charge in [-0.2, -0.15) is 0 Å². The monoisotopic (exact) mass is 369 g/mol. The van der Waals surface area contributed by atoms with Gasteiger partial charge in [0.1, 0.15) is 0 Å². The van der Waals surface area contributed by atoms with Crippen molar-refractivity contribution in [3.8, 4) is 11.5 Å². The van der Waals surface area contributed by atoms with Crippen molar-refractivity contribution in [3.63, 3.8) is 0 Å². The molecule has 0 radical (unpaired) electrons. The summed E-state index contributed by atoms with van der Waals surface area (Å²) in [5, 5.41) is 6.61. The van der Waals surface area contributed by atoms with E-state index in [0.29, 0.717) is 26.4 Å². The first kappa shape index (κ1) is 19.0. The highest BCUT2D eigenvalue weighted by Gasteiger charge is 2.11. The topological polar surface area (TPSA) is 64.1 Å². The lowest BCUT2D eigenvalue weighted by Crippen LogP contribution is -2.30. The number of guanidine groups is 1. The Kier molecular flexibility index (Phi) is 6.93. The van der Waals surface area contributed by atoms with Crippen LogP contribution in [-0.4, -0.2) is 32.8 Å². The van der Waals surface area contributed by atoms with Crippen LogP contribution >= 0.6 is 0 Å². The Hall–Kier alpha value is -2.73. The van der Waals surface area contributed by atoms with Crippen LogP contribution in [0.25, 0.3) is 0 Å². The van der Waals surface area contributed by atoms with Gasteiger partial charge in [-0.25, -0.2) is 4.99 Å². The maximum absolute atomic E-state index is 5.76. The van der Waals surface area contributed by atoms with Gasteiger partial charge in [-0.3, -0.25) is 0 Å². The van der Waals surface area contributed by atoms with Gasteiger partial charge >= 0.3 is 0 Å². The lowest BCUT2D eigenvalue weighted by atomic mass is 10.1. The van der Waals surface area contributed by atoms with Gasteiger partial charge in [-0.05, 0) is 30.2 Å². The van der Waals surface area contributed by atoms with E-state index in [-0.39, 0.29) is 0 Å². The third-order valence-electron chi connectivity index (χ3n) is 4.11. The molecule has 0 spiro atoms. The van der Waals surface area contributed by atoms with Gasteiger partial charge in [0.25, 0.3) is 0 Å². The molecular formula is C21H27N3O3. The second-order valence-electron chi connectivity index (χ2n) is 6.28. The second kappa shape index (κ2) is 9.83. The molecule has 144 valence electrons. The smallest absolute Gasteiger partial charge is 0.196 e. The zero-order valence-corrected chi connectivity index (χ0v) is 16.0. The summed E-state index contributed by atoms with van der Waals surface area (Å²) in [6, 6.07) is 14.1. The number of nitrogens with zero attached hydrogens (tertiary/aromatic N) is 1. The van der Waals surface area contributed by atoms with E-state index in [1.807, 2.05) is 25.1 Å². The van der Waals surface area contributed by atoms with E-state index in [4.69, 9.17) is 14.2 Å². The van der Waals surface area contributed by atoms with Gasteiger partial charge in [0, 0.05) is 31.8 Å². The van der Waals surface area contributed by atoms with E-state index < -0.39 is 0 Å². The first-order valence-corrected chi connectivity index (χ1v) is 9.30. The Balaban J connectivity index is 1.67. The standard InChI is InChI=1S/C21H27N3O3/c1-3-22-21(23-14-16-5-7-17(8-6-16)15-25-2)24-18-9-10-19-20(13-18)27-12-4-11-26-19/h5-10,13H,3-4,11-12,14-15H2,1-2H3,(H2,22,23,24). The maximum Gasteiger partial charge on any atom is 0.196 e. The molecule has 0 unspecified atom stereocenters. The number of ether oxygens (including phenoxy) is 3. The van der Waals surface area contributed by atoms with Crippen molar-refractivity contribution >= 4 is 11.6 Å². The fourth-order valence-electron chi connectivity index (χ4n) is 2.76. The van der Waals surface area contributed by atoms with Crippen molar-refractivity contribution < 1.29 is 14.2 Å². The molecule has 2 N–H and O–H groups in total. The zero-order valence-electron chi connectivity index (χ0n) is 16.0. The minimum atomic E-state index is 0.590. The molecule has 0 amide bonds. The summed E-state index contributed by atoms with van der Waals surface area (Å²) in [4.78, 5) is 4.68. The minimum Gasteiger partial charge on any atom is -0.490 e. The number of benzene rings is 2. The molecule has 3 rings (SSSR count). The van der Waals surface area contributed by atoms with Crippen molar-refractivity contribution in [3.05, 3.63) is 53.6 Å². The molecule has 6 nitrogen and oxygen atoms in total. The molecule has 2 aromatic carbocycles. The Morgan fingerprint density at radius 3 is 2.52 bits per heavy atom. The number of rotatable bonds is 6. The number of hydrogen-bond donors (Lipinski definition) is 2. The van der Waals surface area contributed by atoms with E-state index in [9.17, 15) is 0 Å². The average Bonchev–Trinajstić information content (AvgIpc) is 2.93. The number of anilines is 1. The quantitative estimate of drug-likeness (QED) is 0.602. The number of fused-ring (bicyclic) bond motifs is 1. The van der Waals surface area contributed by atoms with E-state index in [1.165, 1.54) is 0 Å². The second-order valence-corrected chi connectivity index (χ2v) is 6.28. The molecule has 1 heterocycles. The van der Waals surface area contributed by atoms with Crippen LogP contribution < -0.4 is 20.1 Å².